The summed E-state index contributed by atoms with van der Waals surface area (Å²) in [7, 11) is 0. The van der Waals surface area contributed by atoms with Crippen LogP contribution in [0.3, 0.4) is 0 Å². The number of halogens is 1. The fraction of sp³-hybridized carbons (Fsp3) is 0.318. The number of hydrogen-bond acceptors (Lipinski definition) is 6. The number of anilines is 1. The minimum atomic E-state index is -0.306. The van der Waals surface area contributed by atoms with E-state index in [2.05, 4.69) is 32.0 Å². The number of fused-ring (bicyclic) bond motifs is 6. The van der Waals surface area contributed by atoms with Gasteiger partial charge in [-0.3, -0.25) is 9.13 Å². The molecule has 1 unspecified atom stereocenters. The van der Waals surface area contributed by atoms with E-state index in [1.807, 2.05) is 16.8 Å². The van der Waals surface area contributed by atoms with Crippen molar-refractivity contribution in [3.8, 4) is 23.0 Å². The van der Waals surface area contributed by atoms with Crippen LogP contribution in [0.25, 0.3) is 23.0 Å². The summed E-state index contributed by atoms with van der Waals surface area (Å²) in [6.07, 6.45) is 11.2. The second kappa shape index (κ2) is 6.69. The van der Waals surface area contributed by atoms with Crippen LogP contribution in [0.2, 0.25) is 0 Å². The first kappa shape index (κ1) is 18.2. The maximum absolute atomic E-state index is 13.8. The number of benzene rings is 1. The van der Waals surface area contributed by atoms with E-state index in [9.17, 15) is 4.39 Å². The Morgan fingerprint density at radius 1 is 1.16 bits per heavy atom. The van der Waals surface area contributed by atoms with Crippen LogP contribution in [0.1, 0.15) is 38.4 Å². The van der Waals surface area contributed by atoms with Crippen LogP contribution in [0.4, 0.5) is 10.2 Å². The van der Waals surface area contributed by atoms with Gasteiger partial charge in [-0.2, -0.15) is 4.98 Å². The molecule has 3 aromatic heterocycles. The molecule has 0 amide bonds. The molecule has 1 aromatic carbocycles. The number of rotatable bonds is 3. The Hall–Kier alpha value is -3.62. The molecule has 2 aliphatic rings. The lowest BCUT2D eigenvalue weighted by Gasteiger charge is -2.49. The third kappa shape index (κ3) is 2.55. The van der Waals surface area contributed by atoms with Gasteiger partial charge < -0.3 is 4.90 Å². The van der Waals surface area contributed by atoms with Gasteiger partial charge in [0.05, 0.1) is 6.20 Å². The molecule has 0 N–H and O–H groups in total. The third-order valence-corrected chi connectivity index (χ3v) is 6.48. The highest BCUT2D eigenvalue weighted by atomic mass is 19.1. The molecule has 9 heteroatoms. The van der Waals surface area contributed by atoms with Crippen LogP contribution in [0.5, 0.6) is 0 Å². The largest absolute Gasteiger partial charge is 0.342 e. The molecule has 0 radical (unpaired) electrons. The molecule has 4 aromatic rings. The molecule has 1 atom stereocenters. The summed E-state index contributed by atoms with van der Waals surface area (Å²) in [6.45, 7) is 3.10. The highest BCUT2D eigenvalue weighted by Gasteiger charge is 2.47. The van der Waals surface area contributed by atoms with E-state index in [-0.39, 0.29) is 11.4 Å². The van der Waals surface area contributed by atoms with Gasteiger partial charge in [0.25, 0.3) is 0 Å². The Morgan fingerprint density at radius 3 is 2.97 bits per heavy atom. The Bertz CT molecular complexity index is 1280. The van der Waals surface area contributed by atoms with Gasteiger partial charge in [-0.1, -0.05) is 19.1 Å². The van der Waals surface area contributed by atoms with Crippen molar-refractivity contribution in [3.63, 3.8) is 0 Å². The molecule has 0 spiro atoms. The summed E-state index contributed by atoms with van der Waals surface area (Å²) in [4.78, 5) is 16.4. The zero-order valence-electron chi connectivity index (χ0n) is 17.1. The Morgan fingerprint density at radius 2 is 2.10 bits per heavy atom. The maximum Gasteiger partial charge on any atom is 0.237 e. The Balaban J connectivity index is 1.53. The van der Waals surface area contributed by atoms with Gasteiger partial charge in [-0.05, 0) is 37.8 Å². The first-order valence-electron chi connectivity index (χ1n) is 10.6. The van der Waals surface area contributed by atoms with Crippen LogP contribution >= 0.6 is 0 Å². The third-order valence-electron chi connectivity index (χ3n) is 6.48. The Labute approximate surface area is 178 Å². The molecule has 5 heterocycles. The quantitative estimate of drug-likeness (QED) is 0.507. The number of nitrogens with zero attached hydrogens (tertiary/aromatic N) is 8. The summed E-state index contributed by atoms with van der Waals surface area (Å²) in [5, 5.41) is 8.68. The molecule has 31 heavy (non-hydrogen) atoms. The molecule has 2 aliphatic heterocycles. The lowest BCUT2D eigenvalue weighted by atomic mass is 9.82. The zero-order chi connectivity index (χ0) is 21.0. The SMILES string of the molecule is CCC12CCCCN1c1nc(-n3ccnc3-c3cccc(F)c3)ncc1-n1cnnc12. The number of hydrogen-bond donors (Lipinski definition) is 0. The van der Waals surface area contributed by atoms with Gasteiger partial charge in [-0.25, -0.2) is 14.4 Å². The normalized spacial score (nSPS) is 19.6. The number of imidazole rings is 1. The van der Waals surface area contributed by atoms with Crippen molar-refractivity contribution in [2.45, 2.75) is 38.1 Å². The molecule has 0 aliphatic carbocycles. The summed E-state index contributed by atoms with van der Waals surface area (Å²) in [5.41, 5.74) is 1.34. The van der Waals surface area contributed by atoms with Crippen LogP contribution < -0.4 is 4.90 Å². The molecular formula is C22H21FN8. The van der Waals surface area contributed by atoms with Gasteiger partial charge in [0.2, 0.25) is 5.95 Å². The van der Waals surface area contributed by atoms with E-state index in [1.54, 1.807) is 29.4 Å². The second-order valence-electron chi connectivity index (χ2n) is 8.03. The van der Waals surface area contributed by atoms with E-state index in [1.165, 1.54) is 12.1 Å². The lowest BCUT2D eigenvalue weighted by Crippen LogP contribution is -2.53. The fourth-order valence-corrected chi connectivity index (χ4v) is 4.98. The topological polar surface area (TPSA) is 77.5 Å². The van der Waals surface area contributed by atoms with E-state index in [4.69, 9.17) is 4.98 Å². The fourth-order valence-electron chi connectivity index (χ4n) is 4.98. The van der Waals surface area contributed by atoms with Crippen LogP contribution in [0, 0.1) is 5.82 Å². The molecule has 1 fully saturated rings. The zero-order valence-corrected chi connectivity index (χ0v) is 17.1. The van der Waals surface area contributed by atoms with Gasteiger partial charge in [0.15, 0.2) is 11.6 Å². The molecule has 156 valence electrons. The average Bonchev–Trinajstić information content (AvgIpc) is 3.49. The maximum atomic E-state index is 13.8. The number of aromatic nitrogens is 7. The summed E-state index contributed by atoms with van der Waals surface area (Å²) < 4.78 is 17.6. The standard InChI is InChI=1S/C22H21FN8/c1-2-22-8-3-4-10-31(22)19-17(30-14-26-28-20(22)30)13-25-21(27-19)29-11-9-24-18(29)15-6-5-7-16(23)12-15/h5-7,9,11-14H,2-4,8,10H2,1H3. The van der Waals surface area contributed by atoms with E-state index >= 15 is 0 Å². The van der Waals surface area contributed by atoms with Gasteiger partial charge in [0, 0.05) is 24.5 Å². The number of piperidine rings is 1. The van der Waals surface area contributed by atoms with Crippen LogP contribution in [0.15, 0.2) is 49.2 Å². The minimum Gasteiger partial charge on any atom is -0.342 e. The van der Waals surface area contributed by atoms with Crippen molar-refractivity contribution in [3.05, 3.63) is 60.8 Å². The van der Waals surface area contributed by atoms with E-state index in [0.717, 1.165) is 49.6 Å². The second-order valence-corrected chi connectivity index (χ2v) is 8.03. The summed E-state index contributed by atoms with van der Waals surface area (Å²) in [5.74, 6) is 2.63. The van der Waals surface area contributed by atoms with Crippen LogP contribution in [-0.2, 0) is 5.54 Å². The first-order valence-corrected chi connectivity index (χ1v) is 10.6. The summed E-state index contributed by atoms with van der Waals surface area (Å²) in [6, 6.07) is 6.39. The molecular weight excluding hydrogens is 395 g/mol. The first-order chi connectivity index (χ1) is 15.2. The lowest BCUT2D eigenvalue weighted by molar-refractivity contribution is 0.274. The van der Waals surface area contributed by atoms with Gasteiger partial charge in [0.1, 0.15) is 29.2 Å². The van der Waals surface area contributed by atoms with Gasteiger partial charge in [-0.15, -0.1) is 10.2 Å². The molecule has 0 saturated carbocycles. The van der Waals surface area contributed by atoms with Crippen molar-refractivity contribution in [1.82, 2.24) is 34.3 Å². The predicted octanol–water partition coefficient (Wildman–Crippen LogP) is 3.66. The molecule has 1 saturated heterocycles. The van der Waals surface area contributed by atoms with Gasteiger partial charge >= 0.3 is 0 Å². The van der Waals surface area contributed by atoms with Crippen molar-refractivity contribution < 1.29 is 4.39 Å². The molecule has 6 rings (SSSR count). The smallest absolute Gasteiger partial charge is 0.237 e. The highest BCUT2D eigenvalue weighted by molar-refractivity contribution is 5.65. The van der Waals surface area contributed by atoms with Crippen molar-refractivity contribution in [1.29, 1.82) is 0 Å². The van der Waals surface area contributed by atoms with E-state index in [0.29, 0.717) is 17.3 Å². The average molecular weight is 416 g/mol. The minimum absolute atomic E-state index is 0.215. The van der Waals surface area contributed by atoms with Crippen molar-refractivity contribution >= 4 is 5.82 Å². The predicted molar refractivity (Wildman–Crippen MR) is 113 cm³/mol. The van der Waals surface area contributed by atoms with Crippen molar-refractivity contribution in [2.75, 3.05) is 11.4 Å². The van der Waals surface area contributed by atoms with Crippen molar-refractivity contribution in [2.24, 2.45) is 0 Å². The van der Waals surface area contributed by atoms with Crippen LogP contribution in [-0.4, -0.2) is 40.8 Å². The highest BCUT2D eigenvalue weighted by Crippen LogP contribution is 2.47. The molecule has 0 bridgehead atoms. The van der Waals surface area contributed by atoms with E-state index < -0.39 is 0 Å². The Kier molecular flexibility index (Phi) is 3.92. The summed E-state index contributed by atoms with van der Waals surface area (Å²) >= 11 is 0. The molecule has 8 nitrogen and oxygen atoms in total. The monoisotopic (exact) mass is 416 g/mol.